The van der Waals surface area contributed by atoms with Crippen LogP contribution in [0.15, 0.2) is 0 Å². The number of hydrogen-bond acceptors (Lipinski definition) is 3. The van der Waals surface area contributed by atoms with Crippen molar-refractivity contribution in [3.63, 3.8) is 0 Å². The Bertz CT molecular complexity index is 779. The van der Waals surface area contributed by atoms with Crippen LogP contribution in [0.25, 0.3) is 0 Å². The highest BCUT2D eigenvalue weighted by Gasteiger charge is 2.41. The monoisotopic (exact) mass is 605 g/mol. The predicted molar refractivity (Wildman–Crippen MR) is 177 cm³/mol. The second-order valence-electron chi connectivity index (χ2n) is 15.7. The van der Waals surface area contributed by atoms with E-state index in [-0.39, 0.29) is 21.4 Å². The van der Waals surface area contributed by atoms with Crippen LogP contribution in [-0.4, -0.2) is 48.8 Å². The number of rotatable bonds is 10. The predicted octanol–water partition coefficient (Wildman–Crippen LogP) is 9.54. The van der Waals surface area contributed by atoms with Crippen molar-refractivity contribution in [2.24, 2.45) is 22.7 Å². The summed E-state index contributed by atoms with van der Waals surface area (Å²) in [6.45, 7) is 1.21. The van der Waals surface area contributed by atoms with Crippen molar-refractivity contribution in [2.75, 3.05) is 27.2 Å². The van der Waals surface area contributed by atoms with Crippen molar-refractivity contribution in [3.8, 4) is 0 Å². The van der Waals surface area contributed by atoms with Gasteiger partial charge in [0.25, 0.3) is 0 Å². The molecular weight excluding hydrogens is 536 g/mol. The van der Waals surface area contributed by atoms with Gasteiger partial charge in [-0.05, 0) is 74.0 Å². The number of amides is 1. The van der Waals surface area contributed by atoms with E-state index in [0.29, 0.717) is 31.8 Å². The SMILES string of the molecule is C[N+](C)([O-])CCCNC(=O)CC1(C2CCCCC2)CCCCCCC1.O=C(O)CC1(C2CCCCC2)CCCCCCC1. The van der Waals surface area contributed by atoms with E-state index in [1.807, 2.05) is 0 Å². The van der Waals surface area contributed by atoms with E-state index < -0.39 is 5.97 Å². The largest absolute Gasteiger partial charge is 0.633 e. The van der Waals surface area contributed by atoms with Gasteiger partial charge in [0, 0.05) is 19.4 Å². The summed E-state index contributed by atoms with van der Waals surface area (Å²) in [7, 11) is 3.32. The summed E-state index contributed by atoms with van der Waals surface area (Å²) in [5.41, 5.74) is 0.394. The number of carboxylic acids is 1. The minimum atomic E-state index is -0.568. The number of hydrogen-bond donors (Lipinski definition) is 2. The summed E-state index contributed by atoms with van der Waals surface area (Å²) in [6.07, 6.45) is 33.2. The molecule has 4 aliphatic carbocycles. The van der Waals surface area contributed by atoms with E-state index in [1.54, 1.807) is 14.1 Å². The lowest BCUT2D eigenvalue weighted by Crippen LogP contribution is -2.40. The Morgan fingerprint density at radius 3 is 1.42 bits per heavy atom. The number of aliphatic carboxylic acids is 1. The molecule has 0 saturated heterocycles. The zero-order valence-electron chi connectivity index (χ0n) is 28.3. The number of nitrogens with one attached hydrogen (secondary N) is 1. The average Bonchev–Trinajstić information content (AvgIpc) is 2.95. The number of carboxylic acid groups (broad SMARTS) is 1. The van der Waals surface area contributed by atoms with Gasteiger partial charge in [-0.3, -0.25) is 9.59 Å². The van der Waals surface area contributed by atoms with Crippen molar-refractivity contribution in [3.05, 3.63) is 5.21 Å². The molecule has 0 aromatic rings. The highest BCUT2D eigenvalue weighted by molar-refractivity contribution is 5.76. The minimum Gasteiger partial charge on any atom is -0.633 e. The van der Waals surface area contributed by atoms with Gasteiger partial charge in [0.05, 0.1) is 27.1 Å². The van der Waals surface area contributed by atoms with Crippen molar-refractivity contribution < 1.29 is 19.3 Å². The molecule has 1 amide bonds. The number of quaternary nitrogens is 1. The normalized spacial score (nSPS) is 24.3. The number of nitrogens with zero attached hydrogens (tertiary/aromatic N) is 1. The fourth-order valence-corrected chi connectivity index (χ4v) is 9.48. The summed E-state index contributed by atoms with van der Waals surface area (Å²) in [5, 5.41) is 24.1. The summed E-state index contributed by atoms with van der Waals surface area (Å²) in [4.78, 5) is 24.0. The van der Waals surface area contributed by atoms with Crippen LogP contribution < -0.4 is 5.32 Å². The first-order chi connectivity index (χ1) is 20.6. The number of carbonyl (C=O) groups excluding carboxylic acids is 1. The Hall–Kier alpha value is -1.14. The molecule has 6 nitrogen and oxygen atoms in total. The fraction of sp³-hybridized carbons (Fsp3) is 0.946. The molecule has 2 N–H and O–H groups in total. The molecule has 0 aliphatic heterocycles. The van der Waals surface area contributed by atoms with E-state index in [4.69, 9.17) is 0 Å². The first-order valence-corrected chi connectivity index (χ1v) is 18.7. The van der Waals surface area contributed by atoms with Crippen LogP contribution in [0.1, 0.15) is 173 Å². The van der Waals surface area contributed by atoms with Crippen molar-refractivity contribution >= 4 is 11.9 Å². The smallest absolute Gasteiger partial charge is 0.303 e. The highest BCUT2D eigenvalue weighted by atomic mass is 16.5. The molecule has 4 saturated carbocycles. The van der Waals surface area contributed by atoms with Gasteiger partial charge in [0.1, 0.15) is 0 Å². The van der Waals surface area contributed by atoms with E-state index in [2.05, 4.69) is 5.32 Å². The Kier molecular flexibility index (Phi) is 15.8. The maximum Gasteiger partial charge on any atom is 0.303 e. The topological polar surface area (TPSA) is 89.5 Å². The molecule has 0 heterocycles. The summed E-state index contributed by atoms with van der Waals surface area (Å²) in [6, 6.07) is 0. The van der Waals surface area contributed by atoms with Crippen LogP contribution in [0.4, 0.5) is 0 Å². The first kappa shape index (κ1) is 36.3. The van der Waals surface area contributed by atoms with Crippen LogP contribution in [0.5, 0.6) is 0 Å². The second kappa shape index (κ2) is 18.7. The van der Waals surface area contributed by atoms with Gasteiger partial charge in [-0.1, -0.05) is 103 Å². The van der Waals surface area contributed by atoms with Crippen LogP contribution in [0.3, 0.4) is 0 Å². The van der Waals surface area contributed by atoms with Crippen LogP contribution in [0.2, 0.25) is 0 Å². The van der Waals surface area contributed by atoms with Crippen LogP contribution in [0, 0.1) is 27.9 Å². The van der Waals surface area contributed by atoms with Gasteiger partial charge in [-0.15, -0.1) is 0 Å². The summed E-state index contributed by atoms with van der Waals surface area (Å²) >= 11 is 0. The molecule has 0 radical (unpaired) electrons. The maximum absolute atomic E-state index is 12.7. The lowest BCUT2D eigenvalue weighted by atomic mass is 9.61. The Balaban J connectivity index is 0.000000248. The lowest BCUT2D eigenvalue weighted by Gasteiger charge is -2.44. The van der Waals surface area contributed by atoms with Gasteiger partial charge >= 0.3 is 5.97 Å². The third-order valence-corrected chi connectivity index (χ3v) is 11.9. The lowest BCUT2D eigenvalue weighted by molar-refractivity contribution is -0.840. The van der Waals surface area contributed by atoms with Gasteiger partial charge in [0.2, 0.25) is 5.91 Å². The van der Waals surface area contributed by atoms with Gasteiger partial charge in [-0.2, -0.15) is 0 Å². The molecule has 4 aliphatic rings. The number of carbonyl (C=O) groups is 2. The molecule has 0 bridgehead atoms. The quantitative estimate of drug-likeness (QED) is 0.148. The standard InChI is InChI=1S/C21H40N2O2.C16H28O2/c1-23(2,25)17-11-16-22-20(24)18-21(19-12-7-6-8-13-19)14-9-4-3-5-10-15-21;17-15(18)13-16(14-9-5-4-6-10-14)11-7-2-1-3-8-12-16/h19H,3-18H2,1-2H3,(H,22,24);14H,1-13H2,(H,17,18). The molecule has 4 rings (SSSR count). The molecule has 4 fully saturated rings. The van der Waals surface area contributed by atoms with E-state index in [9.17, 15) is 19.9 Å². The average molecular weight is 605 g/mol. The molecule has 0 aromatic heterocycles. The third kappa shape index (κ3) is 13.0. The first-order valence-electron chi connectivity index (χ1n) is 18.7. The Morgan fingerprint density at radius 1 is 0.651 bits per heavy atom. The molecule has 0 aromatic carbocycles. The minimum absolute atomic E-state index is 0.146. The van der Waals surface area contributed by atoms with E-state index in [0.717, 1.165) is 12.3 Å². The molecule has 250 valence electrons. The summed E-state index contributed by atoms with van der Waals surface area (Å²) in [5.74, 6) is 1.10. The van der Waals surface area contributed by atoms with Crippen molar-refractivity contribution in [2.45, 2.75) is 173 Å². The van der Waals surface area contributed by atoms with E-state index >= 15 is 0 Å². The highest BCUT2D eigenvalue weighted by Crippen LogP contribution is 2.50. The van der Waals surface area contributed by atoms with Crippen molar-refractivity contribution in [1.82, 2.24) is 5.32 Å². The van der Waals surface area contributed by atoms with Gasteiger partial charge in [-0.25, -0.2) is 0 Å². The third-order valence-electron chi connectivity index (χ3n) is 11.9. The Labute approximate surface area is 264 Å². The van der Waals surface area contributed by atoms with Crippen LogP contribution >= 0.6 is 0 Å². The maximum atomic E-state index is 12.7. The molecule has 0 atom stereocenters. The molecule has 0 unspecified atom stereocenters. The molecular formula is C37H68N2O4. The molecule has 43 heavy (non-hydrogen) atoms. The molecule has 0 spiro atoms. The Morgan fingerprint density at radius 2 is 1.02 bits per heavy atom. The zero-order chi connectivity index (χ0) is 31.0. The van der Waals surface area contributed by atoms with Crippen LogP contribution in [-0.2, 0) is 9.59 Å². The number of hydroxylamine groups is 3. The zero-order valence-corrected chi connectivity index (χ0v) is 28.3. The van der Waals surface area contributed by atoms with Gasteiger partial charge < -0.3 is 20.3 Å². The van der Waals surface area contributed by atoms with Gasteiger partial charge in [0.15, 0.2) is 0 Å². The molecule has 6 heteroatoms. The second-order valence-corrected chi connectivity index (χ2v) is 15.7. The summed E-state index contributed by atoms with van der Waals surface area (Å²) < 4.78 is -0.276. The van der Waals surface area contributed by atoms with E-state index in [1.165, 1.54) is 154 Å². The van der Waals surface area contributed by atoms with Crippen molar-refractivity contribution in [1.29, 1.82) is 0 Å². The fourth-order valence-electron chi connectivity index (χ4n) is 9.48.